The summed E-state index contributed by atoms with van der Waals surface area (Å²) >= 11 is 6.81. The van der Waals surface area contributed by atoms with Gasteiger partial charge in [-0.05, 0) is 6.07 Å². The number of nitrogens with two attached hydrogens (primary N) is 1. The zero-order valence-electron chi connectivity index (χ0n) is 3.44. The number of thiophene rings is 1. The molecule has 7 heavy (non-hydrogen) atoms. The molecule has 37 valence electrons. The normalized spacial score (nSPS) is 9.29. The lowest BCUT2D eigenvalue weighted by Crippen LogP contribution is -1.77. The fourth-order valence-electron chi connectivity index (χ4n) is 0.260. The molecule has 0 saturated carbocycles. The van der Waals surface area contributed by atoms with Crippen molar-refractivity contribution in [2.24, 2.45) is 0 Å². The Balaban J connectivity index is 3.12. The van der Waals surface area contributed by atoms with E-state index in [0.29, 0.717) is 10.0 Å². The van der Waals surface area contributed by atoms with Gasteiger partial charge in [0.15, 0.2) is 0 Å². The van der Waals surface area contributed by atoms with Gasteiger partial charge in [-0.25, -0.2) is 0 Å². The van der Waals surface area contributed by atoms with Gasteiger partial charge in [0.1, 0.15) is 4.34 Å². The van der Waals surface area contributed by atoms with Gasteiger partial charge in [0.25, 0.3) is 0 Å². The van der Waals surface area contributed by atoms with E-state index in [1.807, 2.05) is 0 Å². The van der Waals surface area contributed by atoms with Gasteiger partial charge in [-0.1, -0.05) is 11.6 Å². The van der Waals surface area contributed by atoms with Crippen molar-refractivity contribution in [2.45, 2.75) is 0 Å². The first-order valence-electron chi connectivity index (χ1n) is 1.71. The van der Waals surface area contributed by atoms with Gasteiger partial charge >= 0.3 is 0 Å². The van der Waals surface area contributed by atoms with Crippen LogP contribution >= 0.6 is 22.9 Å². The van der Waals surface area contributed by atoms with E-state index in [2.05, 4.69) is 5.38 Å². The summed E-state index contributed by atoms with van der Waals surface area (Å²) < 4.78 is 0.625. The maximum absolute atomic E-state index is 5.49. The molecule has 1 nitrogen and oxygen atoms in total. The van der Waals surface area contributed by atoms with Crippen LogP contribution in [0.25, 0.3) is 0 Å². The molecule has 1 rings (SSSR count). The highest BCUT2D eigenvalue weighted by Crippen LogP contribution is 2.23. The molecule has 0 atom stereocenters. The van der Waals surface area contributed by atoms with E-state index in [-0.39, 0.29) is 0 Å². The lowest BCUT2D eigenvalue weighted by atomic mass is 10.6. The van der Waals surface area contributed by atoms with Crippen molar-refractivity contribution in [3.05, 3.63) is 15.8 Å². The molecule has 2 N–H and O–H groups in total. The Labute approximate surface area is 50.7 Å². The summed E-state index contributed by atoms with van der Waals surface area (Å²) in [6.07, 6.45) is 0. The minimum Gasteiger partial charge on any atom is -0.397 e. The Kier molecular flexibility index (Phi) is 1.21. The van der Waals surface area contributed by atoms with Crippen LogP contribution in [0.5, 0.6) is 0 Å². The van der Waals surface area contributed by atoms with Crippen LogP contribution in [0.2, 0.25) is 4.34 Å². The lowest BCUT2D eigenvalue weighted by Gasteiger charge is -1.78. The topological polar surface area (TPSA) is 26.0 Å². The summed E-state index contributed by atoms with van der Waals surface area (Å²) in [5.41, 5.74) is 5.90. The van der Waals surface area contributed by atoms with Crippen molar-refractivity contribution in [1.82, 2.24) is 0 Å². The molecule has 0 aliphatic rings. The van der Waals surface area contributed by atoms with E-state index >= 15 is 0 Å². The Bertz CT molecular complexity index is 144. The molecule has 1 aromatic heterocycles. The van der Waals surface area contributed by atoms with Gasteiger partial charge < -0.3 is 5.73 Å². The van der Waals surface area contributed by atoms with E-state index in [4.69, 9.17) is 17.3 Å². The first-order valence-corrected chi connectivity index (χ1v) is 2.91. The summed E-state index contributed by atoms with van der Waals surface area (Å²) in [7, 11) is 0. The molecular formula is C4H3ClNS. The van der Waals surface area contributed by atoms with Gasteiger partial charge in [-0.2, -0.15) is 0 Å². The zero-order chi connectivity index (χ0) is 5.28. The minimum absolute atomic E-state index is 0.617. The number of rotatable bonds is 0. The molecule has 1 aromatic rings. The second-order valence-electron chi connectivity index (χ2n) is 1.09. The van der Waals surface area contributed by atoms with Gasteiger partial charge in [0.05, 0.1) is 5.69 Å². The van der Waals surface area contributed by atoms with Crippen molar-refractivity contribution in [1.29, 1.82) is 0 Å². The highest BCUT2D eigenvalue weighted by atomic mass is 35.5. The van der Waals surface area contributed by atoms with E-state index in [0.717, 1.165) is 0 Å². The Morgan fingerprint density at radius 2 is 2.57 bits per heavy atom. The molecule has 0 fully saturated rings. The Morgan fingerprint density at radius 1 is 1.86 bits per heavy atom. The molecule has 0 bridgehead atoms. The van der Waals surface area contributed by atoms with Crippen molar-refractivity contribution in [3.8, 4) is 0 Å². The number of hydrogen-bond donors (Lipinski definition) is 1. The smallest absolute Gasteiger partial charge is 0.116 e. The quantitative estimate of drug-likeness (QED) is 0.572. The highest BCUT2D eigenvalue weighted by molar-refractivity contribution is 7.14. The molecule has 0 saturated heterocycles. The molecule has 1 radical (unpaired) electrons. The summed E-state index contributed by atoms with van der Waals surface area (Å²) in [6, 6.07) is 1.66. The van der Waals surface area contributed by atoms with Crippen molar-refractivity contribution >= 4 is 28.6 Å². The third-order valence-electron chi connectivity index (χ3n) is 0.590. The minimum atomic E-state index is 0.617. The lowest BCUT2D eigenvalue weighted by molar-refractivity contribution is 1.88. The summed E-state index contributed by atoms with van der Waals surface area (Å²) in [5.74, 6) is 0. The largest absolute Gasteiger partial charge is 0.397 e. The zero-order valence-corrected chi connectivity index (χ0v) is 5.01. The number of anilines is 1. The van der Waals surface area contributed by atoms with Crippen molar-refractivity contribution in [2.75, 3.05) is 5.73 Å². The van der Waals surface area contributed by atoms with Crippen LogP contribution in [0.4, 0.5) is 5.69 Å². The van der Waals surface area contributed by atoms with Gasteiger partial charge in [-0.3, -0.25) is 0 Å². The van der Waals surface area contributed by atoms with Crippen LogP contribution in [0, 0.1) is 5.38 Å². The molecule has 0 spiro atoms. The summed E-state index contributed by atoms with van der Waals surface area (Å²) in [6.45, 7) is 0. The molecule has 1 heterocycles. The summed E-state index contributed by atoms with van der Waals surface area (Å²) in [4.78, 5) is 0. The van der Waals surface area contributed by atoms with E-state index < -0.39 is 0 Å². The van der Waals surface area contributed by atoms with Crippen LogP contribution in [0.3, 0.4) is 0 Å². The molecular weight excluding hydrogens is 130 g/mol. The highest BCUT2D eigenvalue weighted by Gasteiger charge is 1.91. The predicted octanol–water partition coefficient (Wildman–Crippen LogP) is 1.78. The molecule has 3 heteroatoms. The Morgan fingerprint density at radius 3 is 2.71 bits per heavy atom. The Hall–Kier alpha value is -0.210. The van der Waals surface area contributed by atoms with Crippen LogP contribution in [0.1, 0.15) is 0 Å². The molecule has 0 aliphatic heterocycles. The third kappa shape index (κ3) is 0.868. The molecule has 0 aliphatic carbocycles. The maximum Gasteiger partial charge on any atom is 0.116 e. The van der Waals surface area contributed by atoms with Gasteiger partial charge in [-0.15, -0.1) is 11.3 Å². The summed E-state index contributed by atoms with van der Waals surface area (Å²) in [5, 5.41) is 2.78. The first-order chi connectivity index (χ1) is 3.30. The number of halogens is 1. The molecule has 0 unspecified atom stereocenters. The maximum atomic E-state index is 5.49. The van der Waals surface area contributed by atoms with Gasteiger partial charge in [0.2, 0.25) is 0 Å². The standard InChI is InChI=1S/C4H3ClNS/c5-4-3(6)1-2-7-4/h1H,6H2. The monoisotopic (exact) mass is 132 g/mol. The van der Waals surface area contributed by atoms with Crippen LogP contribution < -0.4 is 5.73 Å². The second kappa shape index (κ2) is 1.72. The van der Waals surface area contributed by atoms with Crippen LogP contribution in [0.15, 0.2) is 6.07 Å². The SMILES string of the molecule is Nc1c[c]sc1Cl. The number of hydrogen-bond acceptors (Lipinski definition) is 2. The average Bonchev–Trinajstić information content (AvgIpc) is 1.91. The molecule has 0 amide bonds. The second-order valence-corrected chi connectivity index (χ2v) is 2.54. The van der Waals surface area contributed by atoms with E-state index in [9.17, 15) is 0 Å². The van der Waals surface area contributed by atoms with Crippen molar-refractivity contribution in [3.63, 3.8) is 0 Å². The third-order valence-corrected chi connectivity index (χ3v) is 1.69. The van der Waals surface area contributed by atoms with Crippen molar-refractivity contribution < 1.29 is 0 Å². The van der Waals surface area contributed by atoms with Gasteiger partial charge in [0, 0.05) is 5.38 Å². The fraction of sp³-hybridized carbons (Fsp3) is 0. The fourth-order valence-corrected chi connectivity index (χ4v) is 0.915. The van der Waals surface area contributed by atoms with Crippen LogP contribution in [-0.2, 0) is 0 Å². The average molecular weight is 133 g/mol. The van der Waals surface area contributed by atoms with E-state index in [1.54, 1.807) is 6.07 Å². The first kappa shape index (κ1) is 4.94. The number of nitrogen functional groups attached to an aromatic ring is 1. The van der Waals surface area contributed by atoms with E-state index in [1.165, 1.54) is 11.3 Å². The predicted molar refractivity (Wildman–Crippen MR) is 32.6 cm³/mol. The molecule has 0 aromatic carbocycles. The van der Waals surface area contributed by atoms with Crippen LogP contribution in [-0.4, -0.2) is 0 Å².